The van der Waals surface area contributed by atoms with Crippen LogP contribution in [-0.4, -0.2) is 46.9 Å². The van der Waals surface area contributed by atoms with Crippen molar-refractivity contribution in [2.45, 2.75) is 24.9 Å². The Morgan fingerprint density at radius 3 is 2.50 bits per heavy atom. The van der Waals surface area contributed by atoms with Crippen molar-refractivity contribution in [1.82, 2.24) is 14.9 Å². The lowest BCUT2D eigenvalue weighted by Crippen LogP contribution is -2.38. The van der Waals surface area contributed by atoms with E-state index in [9.17, 15) is 22.8 Å². The molecule has 0 saturated carbocycles. The number of amides is 2. The summed E-state index contributed by atoms with van der Waals surface area (Å²) < 4.78 is 45.3. The number of hydrogen-bond acceptors (Lipinski definition) is 6. The van der Waals surface area contributed by atoms with Gasteiger partial charge in [0.25, 0.3) is 11.8 Å². The second kappa shape index (κ2) is 10.4. The molecule has 1 aliphatic heterocycles. The van der Waals surface area contributed by atoms with Gasteiger partial charge in [0.1, 0.15) is 5.69 Å². The molecule has 196 valence electrons. The fraction of sp³-hybridized carbons (Fsp3) is 0.259. The van der Waals surface area contributed by atoms with Crippen LogP contribution in [-0.2, 0) is 6.18 Å². The second-order valence-electron chi connectivity index (χ2n) is 8.93. The molecule has 1 N–H and O–H groups in total. The summed E-state index contributed by atoms with van der Waals surface area (Å²) in [6.07, 6.45) is -3.35. The van der Waals surface area contributed by atoms with Crippen molar-refractivity contribution in [2.24, 2.45) is 0 Å². The number of pyridine rings is 1. The van der Waals surface area contributed by atoms with Crippen LogP contribution in [0.1, 0.15) is 50.7 Å². The van der Waals surface area contributed by atoms with Gasteiger partial charge in [0, 0.05) is 30.4 Å². The molecular weight excluding hydrogens is 517 g/mol. The molecule has 0 bridgehead atoms. The van der Waals surface area contributed by atoms with Gasteiger partial charge in [-0.25, -0.2) is 9.97 Å². The summed E-state index contributed by atoms with van der Waals surface area (Å²) in [5, 5.41) is 2.93. The van der Waals surface area contributed by atoms with E-state index >= 15 is 0 Å². The van der Waals surface area contributed by atoms with Crippen LogP contribution < -0.4 is 10.1 Å². The summed E-state index contributed by atoms with van der Waals surface area (Å²) in [7, 11) is 1.21. The first-order chi connectivity index (χ1) is 18.2. The first-order valence-corrected chi connectivity index (χ1v) is 12.8. The third-order valence-corrected chi connectivity index (χ3v) is 7.45. The average molecular weight is 541 g/mol. The summed E-state index contributed by atoms with van der Waals surface area (Å²) in [4.78, 5) is 35.0. The van der Waals surface area contributed by atoms with Gasteiger partial charge in [-0.1, -0.05) is 18.2 Å². The topological polar surface area (TPSA) is 84.4 Å². The number of nitrogens with one attached hydrogen (secondary N) is 1. The molecule has 2 aromatic heterocycles. The zero-order chi connectivity index (χ0) is 26.9. The fourth-order valence-electron chi connectivity index (χ4n) is 4.58. The number of rotatable bonds is 5. The predicted octanol–water partition coefficient (Wildman–Crippen LogP) is 5.99. The van der Waals surface area contributed by atoms with Crippen LogP contribution in [0.2, 0.25) is 0 Å². The average Bonchev–Trinajstić information content (AvgIpc) is 3.41. The standard InChI is InChI=1S/C27H23F3N4O3S/c1-37-23-14-18(13-22(33-23)27(28,29)30)26(36)34-11-9-17(10-12-34)16-5-7-19(8-6-16)32-25(35)20-3-2-4-21-24(20)38-15-31-21/h2-8,13-15,17H,9-12H2,1H3,(H,32,35). The monoisotopic (exact) mass is 540 g/mol. The zero-order valence-electron chi connectivity index (χ0n) is 20.3. The number of halogens is 3. The van der Waals surface area contributed by atoms with E-state index in [4.69, 9.17) is 4.74 Å². The van der Waals surface area contributed by atoms with Crippen LogP contribution in [0, 0.1) is 0 Å². The number of methoxy groups -OCH3 is 1. The lowest BCUT2D eigenvalue weighted by molar-refractivity contribution is -0.141. The number of carbonyl (C=O) groups is 2. The summed E-state index contributed by atoms with van der Waals surface area (Å²) >= 11 is 1.42. The maximum absolute atomic E-state index is 13.2. The molecule has 5 rings (SSSR count). The molecule has 0 radical (unpaired) electrons. The van der Waals surface area contributed by atoms with Gasteiger partial charge in [0.15, 0.2) is 0 Å². The molecule has 1 saturated heterocycles. The van der Waals surface area contributed by atoms with Gasteiger partial charge in [-0.2, -0.15) is 13.2 Å². The minimum Gasteiger partial charge on any atom is -0.481 e. The highest BCUT2D eigenvalue weighted by Crippen LogP contribution is 2.32. The van der Waals surface area contributed by atoms with Crippen molar-refractivity contribution in [1.29, 1.82) is 0 Å². The quantitative estimate of drug-likeness (QED) is 0.336. The van der Waals surface area contributed by atoms with Gasteiger partial charge in [-0.15, -0.1) is 11.3 Å². The third-order valence-electron chi connectivity index (χ3n) is 6.57. The number of benzene rings is 2. The van der Waals surface area contributed by atoms with Crippen molar-refractivity contribution in [3.05, 3.63) is 82.5 Å². The van der Waals surface area contributed by atoms with E-state index in [2.05, 4.69) is 15.3 Å². The number of nitrogens with zero attached hydrogens (tertiary/aromatic N) is 3. The Morgan fingerprint density at radius 1 is 1.08 bits per heavy atom. The second-order valence-corrected chi connectivity index (χ2v) is 9.78. The molecule has 2 amide bonds. The number of alkyl halides is 3. The Hall–Kier alpha value is -3.99. The molecule has 1 fully saturated rings. The minimum absolute atomic E-state index is 0.100. The summed E-state index contributed by atoms with van der Waals surface area (Å²) in [5.74, 6) is -0.758. The Kier molecular flexibility index (Phi) is 7.02. The summed E-state index contributed by atoms with van der Waals surface area (Å²) in [6.45, 7) is 0.819. The maximum Gasteiger partial charge on any atom is 0.433 e. The molecule has 0 spiro atoms. The fourth-order valence-corrected chi connectivity index (χ4v) is 5.38. The van der Waals surface area contributed by atoms with Gasteiger partial charge >= 0.3 is 6.18 Å². The van der Waals surface area contributed by atoms with E-state index in [-0.39, 0.29) is 23.3 Å². The molecule has 4 aromatic rings. The molecule has 1 aliphatic rings. The summed E-state index contributed by atoms with van der Waals surface area (Å²) in [5.41, 5.74) is 3.54. The number of ether oxygens (including phenoxy) is 1. The van der Waals surface area contributed by atoms with Crippen molar-refractivity contribution in [3.8, 4) is 5.88 Å². The lowest BCUT2D eigenvalue weighted by atomic mass is 9.89. The Bertz CT molecular complexity index is 1480. The number of aromatic nitrogens is 2. The van der Waals surface area contributed by atoms with E-state index < -0.39 is 17.8 Å². The molecule has 3 heterocycles. The molecule has 2 aromatic carbocycles. The van der Waals surface area contributed by atoms with Gasteiger partial charge in [-0.3, -0.25) is 9.59 Å². The zero-order valence-corrected chi connectivity index (χ0v) is 21.1. The highest BCUT2D eigenvalue weighted by molar-refractivity contribution is 7.17. The Balaban J connectivity index is 1.21. The van der Waals surface area contributed by atoms with Crippen LogP contribution >= 0.6 is 11.3 Å². The molecule has 7 nitrogen and oxygen atoms in total. The van der Waals surface area contributed by atoms with Gasteiger partial charge in [-0.05, 0) is 54.7 Å². The number of thiazole rings is 1. The van der Waals surface area contributed by atoms with Gasteiger partial charge < -0.3 is 15.0 Å². The van der Waals surface area contributed by atoms with E-state index in [1.165, 1.54) is 24.5 Å². The van der Waals surface area contributed by atoms with Gasteiger partial charge in [0.2, 0.25) is 5.88 Å². The third kappa shape index (κ3) is 5.33. The molecular formula is C27H23F3N4O3S. The van der Waals surface area contributed by atoms with Crippen LogP contribution in [0.25, 0.3) is 10.2 Å². The van der Waals surface area contributed by atoms with Gasteiger partial charge in [0.05, 0.1) is 28.4 Å². The van der Waals surface area contributed by atoms with E-state index in [0.717, 1.165) is 21.8 Å². The minimum atomic E-state index is -4.68. The Labute approximate surface area is 220 Å². The smallest absolute Gasteiger partial charge is 0.433 e. The number of piperidine rings is 1. The normalized spacial score (nSPS) is 14.5. The van der Waals surface area contributed by atoms with Crippen LogP contribution in [0.5, 0.6) is 5.88 Å². The number of likely N-dealkylation sites (tertiary alicyclic amines) is 1. The van der Waals surface area contributed by atoms with Crippen molar-refractivity contribution < 1.29 is 27.5 Å². The predicted molar refractivity (Wildman–Crippen MR) is 138 cm³/mol. The number of anilines is 1. The number of hydrogen-bond donors (Lipinski definition) is 1. The number of carbonyl (C=O) groups excluding carboxylic acids is 2. The Morgan fingerprint density at radius 2 is 1.82 bits per heavy atom. The van der Waals surface area contributed by atoms with Crippen molar-refractivity contribution >= 4 is 39.1 Å². The van der Waals surface area contributed by atoms with E-state index in [0.29, 0.717) is 37.2 Å². The first kappa shape index (κ1) is 25.7. The van der Waals surface area contributed by atoms with Crippen molar-refractivity contribution in [2.75, 3.05) is 25.5 Å². The molecule has 11 heteroatoms. The SMILES string of the molecule is COc1cc(C(=O)N2CCC(c3ccc(NC(=O)c4cccc5ncsc45)cc3)CC2)cc(C(F)(F)F)n1. The maximum atomic E-state index is 13.2. The summed E-state index contributed by atoms with van der Waals surface area (Å²) in [6, 6.07) is 15.0. The number of fused-ring (bicyclic) bond motifs is 1. The lowest BCUT2D eigenvalue weighted by Gasteiger charge is -2.32. The molecule has 38 heavy (non-hydrogen) atoms. The van der Waals surface area contributed by atoms with Crippen LogP contribution in [0.4, 0.5) is 18.9 Å². The van der Waals surface area contributed by atoms with Crippen LogP contribution in [0.15, 0.2) is 60.1 Å². The largest absolute Gasteiger partial charge is 0.481 e. The van der Waals surface area contributed by atoms with E-state index in [1.807, 2.05) is 30.3 Å². The van der Waals surface area contributed by atoms with E-state index in [1.54, 1.807) is 22.5 Å². The highest BCUT2D eigenvalue weighted by atomic mass is 32.1. The van der Waals surface area contributed by atoms with Crippen molar-refractivity contribution in [3.63, 3.8) is 0 Å². The van der Waals surface area contributed by atoms with Crippen LogP contribution in [0.3, 0.4) is 0 Å². The first-order valence-electron chi connectivity index (χ1n) is 11.9. The molecule has 0 atom stereocenters. The molecule has 0 unspecified atom stereocenters. The highest BCUT2D eigenvalue weighted by Gasteiger charge is 2.35. The molecule has 0 aliphatic carbocycles.